The zero-order valence-corrected chi connectivity index (χ0v) is 18.4. The smallest absolute Gasteiger partial charge is 0.243 e. The summed E-state index contributed by atoms with van der Waals surface area (Å²) in [6.07, 6.45) is 2.54. The number of nitrogens with one attached hydrogen (secondary N) is 1. The molecule has 2 heterocycles. The Morgan fingerprint density at radius 3 is 2.47 bits per heavy atom. The highest BCUT2D eigenvalue weighted by atomic mass is 32.2. The summed E-state index contributed by atoms with van der Waals surface area (Å²) in [5, 5.41) is 12.3. The lowest BCUT2D eigenvalue weighted by molar-refractivity contribution is -0.127. The molecule has 1 aromatic rings. The fourth-order valence-corrected chi connectivity index (χ4v) is 5.49. The minimum Gasteiger partial charge on any atom is -0.394 e. The van der Waals surface area contributed by atoms with Gasteiger partial charge in [-0.2, -0.15) is 4.31 Å². The van der Waals surface area contributed by atoms with Crippen LogP contribution in [0.1, 0.15) is 39.5 Å². The van der Waals surface area contributed by atoms with Gasteiger partial charge in [-0.05, 0) is 49.4 Å². The lowest BCUT2D eigenvalue weighted by Gasteiger charge is -2.32. The predicted molar refractivity (Wildman–Crippen MR) is 113 cm³/mol. The highest BCUT2D eigenvalue weighted by Gasteiger charge is 2.34. The monoisotopic (exact) mass is 437 g/mol. The quantitative estimate of drug-likeness (QED) is 0.670. The van der Waals surface area contributed by atoms with E-state index in [1.807, 2.05) is 13.8 Å². The predicted octanol–water partition coefficient (Wildman–Crippen LogP) is 1.35. The van der Waals surface area contributed by atoms with Crippen molar-refractivity contribution in [2.24, 2.45) is 11.8 Å². The third kappa shape index (κ3) is 4.84. The molecule has 2 aliphatic rings. The number of anilines is 1. The Morgan fingerprint density at radius 1 is 1.20 bits per heavy atom. The number of piperidine rings is 1. The van der Waals surface area contributed by atoms with Crippen molar-refractivity contribution in [3.8, 4) is 0 Å². The van der Waals surface area contributed by atoms with E-state index in [1.54, 1.807) is 17.0 Å². The summed E-state index contributed by atoms with van der Waals surface area (Å²) >= 11 is 0. The van der Waals surface area contributed by atoms with E-state index in [0.29, 0.717) is 38.0 Å². The summed E-state index contributed by atoms with van der Waals surface area (Å²) in [5.74, 6) is -0.519. The van der Waals surface area contributed by atoms with E-state index in [0.717, 1.165) is 6.42 Å². The van der Waals surface area contributed by atoms with Gasteiger partial charge in [0.25, 0.3) is 0 Å². The van der Waals surface area contributed by atoms with Gasteiger partial charge in [-0.3, -0.25) is 9.59 Å². The van der Waals surface area contributed by atoms with Gasteiger partial charge in [-0.1, -0.05) is 13.8 Å². The van der Waals surface area contributed by atoms with Crippen molar-refractivity contribution in [2.45, 2.75) is 50.5 Å². The van der Waals surface area contributed by atoms with E-state index in [-0.39, 0.29) is 41.8 Å². The number of sulfonamides is 1. The van der Waals surface area contributed by atoms with Gasteiger partial charge >= 0.3 is 0 Å². The maximum atomic E-state index is 13.1. The molecule has 3 rings (SSSR count). The van der Waals surface area contributed by atoms with Crippen molar-refractivity contribution < 1.29 is 23.1 Å². The third-order valence-electron chi connectivity index (χ3n) is 5.94. The molecule has 2 atom stereocenters. The molecule has 2 aliphatic heterocycles. The van der Waals surface area contributed by atoms with Crippen molar-refractivity contribution in [2.75, 3.05) is 31.1 Å². The van der Waals surface area contributed by atoms with E-state index in [1.165, 1.54) is 16.4 Å². The second kappa shape index (κ2) is 9.45. The number of carbonyl (C=O) groups is 2. The summed E-state index contributed by atoms with van der Waals surface area (Å²) in [6, 6.07) is 6.05. The molecule has 0 saturated carbocycles. The Kier molecular flexibility index (Phi) is 7.15. The summed E-state index contributed by atoms with van der Waals surface area (Å²) in [6.45, 7) is 4.82. The number of aliphatic hydroxyl groups is 1. The van der Waals surface area contributed by atoms with Crippen LogP contribution in [0.15, 0.2) is 29.2 Å². The summed E-state index contributed by atoms with van der Waals surface area (Å²) in [7, 11) is -3.73. The number of nitrogens with zero attached hydrogens (tertiary/aromatic N) is 2. The van der Waals surface area contributed by atoms with Gasteiger partial charge in [-0.25, -0.2) is 8.42 Å². The van der Waals surface area contributed by atoms with Gasteiger partial charge in [0.2, 0.25) is 21.8 Å². The highest BCUT2D eigenvalue weighted by Crippen LogP contribution is 2.27. The molecule has 30 heavy (non-hydrogen) atoms. The molecule has 8 nitrogen and oxygen atoms in total. The normalized spacial score (nSPS) is 21.8. The third-order valence-corrected chi connectivity index (χ3v) is 7.82. The number of benzene rings is 1. The van der Waals surface area contributed by atoms with Gasteiger partial charge in [0.15, 0.2) is 0 Å². The van der Waals surface area contributed by atoms with E-state index < -0.39 is 15.9 Å². The van der Waals surface area contributed by atoms with Crippen LogP contribution in [-0.2, 0) is 19.6 Å². The van der Waals surface area contributed by atoms with E-state index in [2.05, 4.69) is 5.32 Å². The fourth-order valence-electron chi connectivity index (χ4n) is 3.97. The number of carbonyl (C=O) groups excluding carboxylic acids is 2. The molecule has 0 aliphatic carbocycles. The van der Waals surface area contributed by atoms with Crippen molar-refractivity contribution in [3.05, 3.63) is 24.3 Å². The first-order valence-electron chi connectivity index (χ1n) is 10.6. The minimum atomic E-state index is -3.73. The zero-order valence-electron chi connectivity index (χ0n) is 17.6. The minimum absolute atomic E-state index is 0.0538. The van der Waals surface area contributed by atoms with Crippen LogP contribution in [0, 0.1) is 11.8 Å². The molecular formula is C21H31N3O5S. The SMILES string of the molecule is CC(C)[C@@H](CO)NC(=O)[C@H]1CCCN(S(=O)(=O)c2ccc(N3CCCC3=O)cc2)C1. The Morgan fingerprint density at radius 2 is 1.90 bits per heavy atom. The first kappa shape index (κ1) is 22.7. The molecule has 2 saturated heterocycles. The average Bonchev–Trinajstić information content (AvgIpc) is 3.17. The Balaban J connectivity index is 1.69. The Labute approximate surface area is 178 Å². The molecule has 0 aromatic heterocycles. The molecule has 0 unspecified atom stereocenters. The van der Waals surface area contributed by atoms with Crippen LogP contribution in [-0.4, -0.2) is 61.9 Å². The lowest BCUT2D eigenvalue weighted by atomic mass is 9.97. The molecule has 9 heteroatoms. The average molecular weight is 438 g/mol. The Bertz CT molecular complexity index is 869. The Hall–Kier alpha value is -1.97. The van der Waals surface area contributed by atoms with E-state index >= 15 is 0 Å². The summed E-state index contributed by atoms with van der Waals surface area (Å²) in [4.78, 5) is 26.3. The van der Waals surface area contributed by atoms with Crippen molar-refractivity contribution >= 4 is 27.5 Å². The van der Waals surface area contributed by atoms with Gasteiger partial charge in [0.1, 0.15) is 0 Å². The van der Waals surface area contributed by atoms with E-state index in [4.69, 9.17) is 0 Å². The number of hydrogen-bond acceptors (Lipinski definition) is 5. The topological polar surface area (TPSA) is 107 Å². The maximum absolute atomic E-state index is 13.1. The van der Waals surface area contributed by atoms with Crippen molar-refractivity contribution in [1.29, 1.82) is 0 Å². The summed E-state index contributed by atoms with van der Waals surface area (Å²) < 4.78 is 27.6. The number of rotatable bonds is 7. The fraction of sp³-hybridized carbons (Fsp3) is 0.619. The van der Waals surface area contributed by atoms with Crippen LogP contribution >= 0.6 is 0 Å². The summed E-state index contributed by atoms with van der Waals surface area (Å²) in [5.41, 5.74) is 0.705. The van der Waals surface area contributed by atoms with Gasteiger partial charge in [-0.15, -0.1) is 0 Å². The van der Waals surface area contributed by atoms with Crippen LogP contribution in [0.25, 0.3) is 0 Å². The molecule has 0 radical (unpaired) electrons. The molecule has 0 bridgehead atoms. The molecule has 2 amide bonds. The first-order valence-corrected chi connectivity index (χ1v) is 12.0. The van der Waals surface area contributed by atoms with Crippen LogP contribution in [0.2, 0.25) is 0 Å². The van der Waals surface area contributed by atoms with Crippen LogP contribution in [0.3, 0.4) is 0 Å². The molecule has 0 spiro atoms. The standard InChI is InChI=1S/C21H31N3O5S/c1-15(2)19(14-25)22-21(27)16-5-3-11-23(13-16)30(28,29)18-9-7-17(8-10-18)24-12-4-6-20(24)26/h7-10,15-16,19,25H,3-6,11-14H2,1-2H3,(H,22,27)/t16-,19+/m0/s1. The van der Waals surface area contributed by atoms with Gasteiger partial charge < -0.3 is 15.3 Å². The molecule has 166 valence electrons. The molecule has 2 N–H and O–H groups in total. The van der Waals surface area contributed by atoms with Crippen molar-refractivity contribution in [1.82, 2.24) is 9.62 Å². The second-order valence-corrected chi connectivity index (χ2v) is 10.3. The maximum Gasteiger partial charge on any atom is 0.243 e. The number of hydrogen-bond donors (Lipinski definition) is 2. The largest absolute Gasteiger partial charge is 0.394 e. The van der Waals surface area contributed by atoms with Crippen LogP contribution < -0.4 is 10.2 Å². The van der Waals surface area contributed by atoms with Crippen LogP contribution in [0.5, 0.6) is 0 Å². The second-order valence-electron chi connectivity index (χ2n) is 8.39. The zero-order chi connectivity index (χ0) is 21.9. The molecule has 2 fully saturated rings. The van der Waals surface area contributed by atoms with Gasteiger partial charge in [0, 0.05) is 31.7 Å². The molecule has 1 aromatic carbocycles. The van der Waals surface area contributed by atoms with Gasteiger partial charge in [0.05, 0.1) is 23.5 Å². The molecular weight excluding hydrogens is 406 g/mol. The number of amides is 2. The lowest BCUT2D eigenvalue weighted by Crippen LogP contribution is -2.49. The van der Waals surface area contributed by atoms with Crippen molar-refractivity contribution in [3.63, 3.8) is 0 Å². The number of aliphatic hydroxyl groups excluding tert-OH is 1. The van der Waals surface area contributed by atoms with E-state index in [9.17, 15) is 23.1 Å². The first-order chi connectivity index (χ1) is 14.2. The highest BCUT2D eigenvalue weighted by molar-refractivity contribution is 7.89. The van der Waals surface area contributed by atoms with Crippen LogP contribution in [0.4, 0.5) is 5.69 Å².